The van der Waals surface area contributed by atoms with Crippen LogP contribution in [0.2, 0.25) is 0 Å². The Balaban J connectivity index is 1.41. The topological polar surface area (TPSA) is 102 Å². The van der Waals surface area contributed by atoms with Crippen molar-refractivity contribution in [3.8, 4) is 5.75 Å². The van der Waals surface area contributed by atoms with E-state index >= 15 is 0 Å². The monoisotopic (exact) mass is 548 g/mol. The van der Waals surface area contributed by atoms with E-state index in [0.29, 0.717) is 12.8 Å². The summed E-state index contributed by atoms with van der Waals surface area (Å²) >= 11 is 0. The lowest BCUT2D eigenvalue weighted by molar-refractivity contribution is -0.274. The minimum atomic E-state index is -4.87. The first-order chi connectivity index (χ1) is 18.0. The van der Waals surface area contributed by atoms with E-state index in [1.54, 1.807) is 0 Å². The van der Waals surface area contributed by atoms with Crippen LogP contribution in [0, 0.1) is 5.92 Å². The number of aliphatic hydroxyl groups is 1. The average molecular weight is 549 g/mol. The molecule has 3 aromatic carbocycles. The zero-order chi connectivity index (χ0) is 27.3. The lowest BCUT2D eigenvalue weighted by Gasteiger charge is -2.35. The van der Waals surface area contributed by atoms with E-state index in [1.807, 2.05) is 42.5 Å². The molecule has 4 N–H and O–H groups in total. The Morgan fingerprint density at radius 1 is 0.895 bits per heavy atom. The number of ether oxygens (including phenoxy) is 1. The van der Waals surface area contributed by atoms with Gasteiger partial charge in [-0.2, -0.15) is 0 Å². The molecule has 0 bridgehead atoms. The van der Waals surface area contributed by atoms with Gasteiger partial charge in [0.25, 0.3) is 0 Å². The number of rotatable bonds is 9. The summed E-state index contributed by atoms with van der Waals surface area (Å²) in [5.41, 5.74) is 10.2. The van der Waals surface area contributed by atoms with Gasteiger partial charge in [-0.25, -0.2) is 13.1 Å². The molecule has 0 radical (unpaired) electrons. The van der Waals surface area contributed by atoms with Crippen LogP contribution in [0.1, 0.15) is 36.0 Å². The lowest BCUT2D eigenvalue weighted by Crippen LogP contribution is -2.49. The van der Waals surface area contributed by atoms with Crippen molar-refractivity contribution in [1.29, 1.82) is 0 Å². The number of nitrogens with two attached hydrogens (primary N) is 1. The number of anilines is 1. The number of nitrogens with one attached hydrogen (secondary N) is 1. The second kappa shape index (κ2) is 11.8. The zero-order valence-electron chi connectivity index (χ0n) is 20.7. The van der Waals surface area contributed by atoms with Gasteiger partial charge in [-0.05, 0) is 85.0 Å². The van der Waals surface area contributed by atoms with E-state index in [1.165, 1.54) is 0 Å². The molecule has 0 unspecified atom stereocenters. The van der Waals surface area contributed by atoms with Crippen LogP contribution in [0.3, 0.4) is 0 Å². The standard InChI is InChI=1S/C28H31F3N2O4S/c29-28(30,31)37-23-14-16-24(17-15-23)38(35,36)33-26-11-5-9-22(27(26)34)18-21-8-2-1-6-19(21)12-13-20-7-3-4-10-25(20)32/h1-4,6-8,10,14-17,22,26-27,33-34H,5,9,11-13,18,32H2/t22-,26-,27-/m1/s1. The minimum Gasteiger partial charge on any atom is -0.406 e. The highest BCUT2D eigenvalue weighted by molar-refractivity contribution is 7.89. The van der Waals surface area contributed by atoms with Crippen molar-refractivity contribution in [3.63, 3.8) is 0 Å². The smallest absolute Gasteiger partial charge is 0.406 e. The molecule has 1 saturated carbocycles. The number of aryl methyl sites for hydroxylation is 2. The highest BCUT2D eigenvalue weighted by Crippen LogP contribution is 2.31. The van der Waals surface area contributed by atoms with Gasteiger partial charge in [0.2, 0.25) is 10.0 Å². The van der Waals surface area contributed by atoms with Crippen molar-refractivity contribution in [2.45, 2.75) is 61.9 Å². The molecule has 38 heavy (non-hydrogen) atoms. The molecular formula is C28H31F3N2O4S. The number of halogens is 3. The molecule has 3 atom stereocenters. The Kier molecular flexibility index (Phi) is 8.64. The Morgan fingerprint density at radius 2 is 1.50 bits per heavy atom. The molecule has 10 heteroatoms. The van der Waals surface area contributed by atoms with Crippen LogP contribution in [0.4, 0.5) is 18.9 Å². The fourth-order valence-electron chi connectivity index (χ4n) is 5.02. The van der Waals surface area contributed by atoms with Crippen LogP contribution in [-0.2, 0) is 29.3 Å². The van der Waals surface area contributed by atoms with Crippen LogP contribution in [0.15, 0.2) is 77.7 Å². The fraction of sp³-hybridized carbons (Fsp3) is 0.357. The molecule has 6 nitrogen and oxygen atoms in total. The first-order valence-electron chi connectivity index (χ1n) is 12.5. The predicted octanol–water partition coefficient (Wildman–Crippen LogP) is 5.00. The van der Waals surface area contributed by atoms with E-state index in [4.69, 9.17) is 5.73 Å². The van der Waals surface area contributed by atoms with Gasteiger partial charge in [0.1, 0.15) is 5.75 Å². The van der Waals surface area contributed by atoms with Gasteiger partial charge in [0.15, 0.2) is 0 Å². The Morgan fingerprint density at radius 3 is 2.16 bits per heavy atom. The maximum Gasteiger partial charge on any atom is 0.573 e. The van der Waals surface area contributed by atoms with Crippen LogP contribution in [-0.4, -0.2) is 32.0 Å². The van der Waals surface area contributed by atoms with Gasteiger partial charge in [0, 0.05) is 11.7 Å². The molecule has 4 rings (SSSR count). The molecule has 0 spiro atoms. The molecule has 0 aliphatic heterocycles. The molecule has 0 heterocycles. The number of benzene rings is 3. The van der Waals surface area contributed by atoms with Crippen molar-refractivity contribution in [3.05, 3.63) is 89.5 Å². The van der Waals surface area contributed by atoms with E-state index in [0.717, 1.165) is 72.3 Å². The Bertz CT molecular complexity index is 1330. The van der Waals surface area contributed by atoms with E-state index in [2.05, 4.69) is 15.5 Å². The SMILES string of the molecule is Nc1ccccc1CCc1ccccc1C[C@H]1CCC[C@@H](NS(=O)(=O)c2ccc(OC(F)(F)F)cc2)[C@@H]1O. The number of hydrogen-bond donors (Lipinski definition) is 3. The summed E-state index contributed by atoms with van der Waals surface area (Å²) in [6.07, 6.45) is -1.66. The summed E-state index contributed by atoms with van der Waals surface area (Å²) in [4.78, 5) is -0.202. The van der Waals surface area contributed by atoms with Crippen molar-refractivity contribution in [1.82, 2.24) is 4.72 Å². The number of nitrogen functional groups attached to an aromatic ring is 1. The zero-order valence-corrected chi connectivity index (χ0v) is 21.5. The van der Waals surface area contributed by atoms with Crippen LogP contribution in [0.25, 0.3) is 0 Å². The number of para-hydroxylation sites is 1. The molecule has 1 fully saturated rings. The molecular weight excluding hydrogens is 517 g/mol. The highest BCUT2D eigenvalue weighted by atomic mass is 32.2. The van der Waals surface area contributed by atoms with Crippen LogP contribution in [0.5, 0.6) is 5.75 Å². The number of alkyl halides is 3. The van der Waals surface area contributed by atoms with Crippen LogP contribution < -0.4 is 15.2 Å². The van der Waals surface area contributed by atoms with E-state index < -0.39 is 34.3 Å². The van der Waals surface area contributed by atoms with Gasteiger partial charge in [-0.3, -0.25) is 0 Å². The Hall–Kier alpha value is -3.08. The van der Waals surface area contributed by atoms with Gasteiger partial charge in [0.05, 0.1) is 11.0 Å². The summed E-state index contributed by atoms with van der Waals surface area (Å²) in [5.74, 6) is -0.662. The third-order valence-electron chi connectivity index (χ3n) is 6.98. The summed E-state index contributed by atoms with van der Waals surface area (Å²) in [5, 5.41) is 11.1. The predicted molar refractivity (Wildman–Crippen MR) is 139 cm³/mol. The number of hydrogen-bond acceptors (Lipinski definition) is 5. The normalized spacial score (nSPS) is 20.3. The van der Waals surface area contributed by atoms with Crippen molar-refractivity contribution < 1.29 is 31.4 Å². The molecule has 1 aliphatic carbocycles. The third-order valence-corrected chi connectivity index (χ3v) is 8.48. The molecule has 0 amide bonds. The minimum absolute atomic E-state index is 0.151. The van der Waals surface area contributed by atoms with Gasteiger partial charge in [-0.1, -0.05) is 48.9 Å². The van der Waals surface area contributed by atoms with Crippen molar-refractivity contribution >= 4 is 15.7 Å². The molecule has 0 saturated heterocycles. The van der Waals surface area contributed by atoms with E-state index in [-0.39, 0.29) is 10.8 Å². The molecule has 0 aromatic heterocycles. The van der Waals surface area contributed by atoms with Gasteiger partial charge < -0.3 is 15.6 Å². The van der Waals surface area contributed by atoms with Gasteiger partial charge in [-0.15, -0.1) is 13.2 Å². The number of aliphatic hydroxyl groups excluding tert-OH is 1. The average Bonchev–Trinajstić information content (AvgIpc) is 2.86. The lowest BCUT2D eigenvalue weighted by atomic mass is 9.79. The largest absolute Gasteiger partial charge is 0.573 e. The maximum atomic E-state index is 12.9. The highest BCUT2D eigenvalue weighted by Gasteiger charge is 2.35. The third kappa shape index (κ3) is 7.27. The summed E-state index contributed by atoms with van der Waals surface area (Å²) < 4.78 is 69.4. The summed E-state index contributed by atoms with van der Waals surface area (Å²) in [6, 6.07) is 19.1. The molecule has 204 valence electrons. The van der Waals surface area contributed by atoms with Gasteiger partial charge >= 0.3 is 6.36 Å². The van der Waals surface area contributed by atoms with Crippen molar-refractivity contribution in [2.24, 2.45) is 5.92 Å². The Labute approximate surface area is 220 Å². The first-order valence-corrected chi connectivity index (χ1v) is 14.0. The molecule has 3 aromatic rings. The second-order valence-corrected chi connectivity index (χ2v) is 11.3. The maximum absolute atomic E-state index is 12.9. The fourth-order valence-corrected chi connectivity index (χ4v) is 6.31. The summed E-state index contributed by atoms with van der Waals surface area (Å²) in [6.45, 7) is 0. The molecule has 1 aliphatic rings. The first kappa shape index (κ1) is 27.9. The summed E-state index contributed by atoms with van der Waals surface area (Å²) in [7, 11) is -4.06. The quantitative estimate of drug-likeness (QED) is 0.327. The van der Waals surface area contributed by atoms with Crippen LogP contribution >= 0.6 is 0 Å². The second-order valence-electron chi connectivity index (χ2n) is 9.60. The van der Waals surface area contributed by atoms with E-state index in [9.17, 15) is 26.7 Å². The number of sulfonamides is 1. The van der Waals surface area contributed by atoms with Crippen molar-refractivity contribution in [2.75, 3.05) is 5.73 Å².